The summed E-state index contributed by atoms with van der Waals surface area (Å²) in [4.78, 5) is 31.0. The summed E-state index contributed by atoms with van der Waals surface area (Å²) < 4.78 is 10.1. The highest BCUT2D eigenvalue weighted by Crippen LogP contribution is 2.10. The van der Waals surface area contributed by atoms with Gasteiger partial charge in [-0.25, -0.2) is 9.78 Å². The Bertz CT molecular complexity index is 478. The summed E-state index contributed by atoms with van der Waals surface area (Å²) in [5.41, 5.74) is 0.739. The Morgan fingerprint density at radius 2 is 1.95 bits per heavy atom. The Labute approximate surface area is 117 Å². The topological polar surface area (TPSA) is 75.9 Å². The highest BCUT2D eigenvalue weighted by Gasteiger charge is 2.25. The van der Waals surface area contributed by atoms with Gasteiger partial charge in [-0.3, -0.25) is 4.79 Å². The van der Waals surface area contributed by atoms with Crippen molar-refractivity contribution >= 4 is 12.0 Å². The highest BCUT2D eigenvalue weighted by atomic mass is 16.6. The first kappa shape index (κ1) is 14.4. The number of piperazine rings is 1. The highest BCUT2D eigenvalue weighted by molar-refractivity contribution is 5.78. The zero-order chi connectivity index (χ0) is 14.5. The summed E-state index contributed by atoms with van der Waals surface area (Å²) in [5, 5.41) is 0. The predicted octanol–water partition coefficient (Wildman–Crippen LogP) is 0.826. The SMILES string of the molecule is CCOC(=O)N1CCN(C(=O)Cc2ocnc2C)CC1. The van der Waals surface area contributed by atoms with Gasteiger partial charge in [0.1, 0.15) is 5.76 Å². The van der Waals surface area contributed by atoms with Crippen LogP contribution in [-0.2, 0) is 16.0 Å². The van der Waals surface area contributed by atoms with Crippen molar-refractivity contribution in [2.45, 2.75) is 20.3 Å². The number of oxazole rings is 1. The van der Waals surface area contributed by atoms with Crippen molar-refractivity contribution < 1.29 is 18.7 Å². The second kappa shape index (κ2) is 6.40. The van der Waals surface area contributed by atoms with Gasteiger partial charge in [-0.05, 0) is 13.8 Å². The lowest BCUT2D eigenvalue weighted by Crippen LogP contribution is -2.51. The van der Waals surface area contributed by atoms with Crippen LogP contribution in [-0.4, -0.2) is 59.6 Å². The molecule has 2 heterocycles. The fraction of sp³-hybridized carbons (Fsp3) is 0.615. The molecule has 2 rings (SSSR count). The molecule has 7 nitrogen and oxygen atoms in total. The number of amides is 2. The maximum atomic E-state index is 12.1. The number of carbonyl (C=O) groups is 2. The molecule has 1 aliphatic heterocycles. The third-order valence-electron chi connectivity index (χ3n) is 3.32. The van der Waals surface area contributed by atoms with E-state index in [1.165, 1.54) is 6.39 Å². The molecule has 2 amide bonds. The molecular weight excluding hydrogens is 262 g/mol. The second-order valence-corrected chi connectivity index (χ2v) is 4.60. The molecule has 0 spiro atoms. The number of hydrogen-bond donors (Lipinski definition) is 0. The van der Waals surface area contributed by atoms with Crippen LogP contribution >= 0.6 is 0 Å². The Morgan fingerprint density at radius 1 is 1.30 bits per heavy atom. The van der Waals surface area contributed by atoms with Crippen LogP contribution in [0.3, 0.4) is 0 Å². The van der Waals surface area contributed by atoms with Crippen molar-refractivity contribution in [3.8, 4) is 0 Å². The minimum absolute atomic E-state index is 0.00615. The van der Waals surface area contributed by atoms with Crippen molar-refractivity contribution in [3.63, 3.8) is 0 Å². The molecule has 0 atom stereocenters. The van der Waals surface area contributed by atoms with E-state index in [1.54, 1.807) is 16.7 Å². The molecule has 1 fully saturated rings. The van der Waals surface area contributed by atoms with E-state index < -0.39 is 0 Å². The van der Waals surface area contributed by atoms with Crippen LogP contribution in [0.2, 0.25) is 0 Å². The maximum Gasteiger partial charge on any atom is 0.409 e. The zero-order valence-corrected chi connectivity index (χ0v) is 11.8. The van der Waals surface area contributed by atoms with Crippen LogP contribution in [0.4, 0.5) is 4.79 Å². The fourth-order valence-corrected chi connectivity index (χ4v) is 2.10. The normalized spacial score (nSPS) is 15.3. The molecule has 7 heteroatoms. The summed E-state index contributed by atoms with van der Waals surface area (Å²) in [6, 6.07) is 0. The summed E-state index contributed by atoms with van der Waals surface area (Å²) in [6.45, 7) is 5.99. The van der Waals surface area contributed by atoms with Crippen molar-refractivity contribution in [1.82, 2.24) is 14.8 Å². The first-order valence-corrected chi connectivity index (χ1v) is 6.70. The van der Waals surface area contributed by atoms with Crippen molar-refractivity contribution in [2.24, 2.45) is 0 Å². The average Bonchev–Trinajstić information content (AvgIpc) is 2.85. The van der Waals surface area contributed by atoms with Crippen LogP contribution in [0.25, 0.3) is 0 Å². The van der Waals surface area contributed by atoms with Gasteiger partial charge >= 0.3 is 6.09 Å². The lowest BCUT2D eigenvalue weighted by molar-refractivity contribution is -0.132. The molecule has 0 aliphatic carbocycles. The second-order valence-electron chi connectivity index (χ2n) is 4.60. The Hall–Kier alpha value is -2.05. The molecule has 1 saturated heterocycles. The van der Waals surface area contributed by atoms with E-state index in [4.69, 9.17) is 9.15 Å². The minimum atomic E-state index is -0.314. The molecule has 1 aromatic rings. The summed E-state index contributed by atoms with van der Waals surface area (Å²) in [6.07, 6.45) is 1.24. The minimum Gasteiger partial charge on any atom is -0.450 e. The first-order chi connectivity index (χ1) is 9.61. The van der Waals surface area contributed by atoms with E-state index >= 15 is 0 Å². The van der Waals surface area contributed by atoms with Gasteiger partial charge in [0.05, 0.1) is 18.7 Å². The van der Waals surface area contributed by atoms with Crippen LogP contribution in [0.5, 0.6) is 0 Å². The molecule has 0 bridgehead atoms. The number of nitrogens with zero attached hydrogens (tertiary/aromatic N) is 3. The van der Waals surface area contributed by atoms with E-state index in [9.17, 15) is 9.59 Å². The van der Waals surface area contributed by atoms with Gasteiger partial charge in [0, 0.05) is 26.2 Å². The zero-order valence-electron chi connectivity index (χ0n) is 11.8. The molecule has 20 heavy (non-hydrogen) atoms. The molecule has 0 radical (unpaired) electrons. The molecule has 1 aliphatic rings. The predicted molar refractivity (Wildman–Crippen MR) is 70.1 cm³/mol. The number of carbonyl (C=O) groups excluding carboxylic acids is 2. The molecule has 0 aromatic carbocycles. The number of ether oxygens (including phenoxy) is 1. The van der Waals surface area contributed by atoms with Crippen molar-refractivity contribution in [2.75, 3.05) is 32.8 Å². The summed E-state index contributed by atoms with van der Waals surface area (Å²) in [7, 11) is 0. The Morgan fingerprint density at radius 3 is 2.50 bits per heavy atom. The van der Waals surface area contributed by atoms with E-state index in [2.05, 4.69) is 4.98 Å². The lowest BCUT2D eigenvalue weighted by atomic mass is 10.2. The largest absolute Gasteiger partial charge is 0.450 e. The smallest absolute Gasteiger partial charge is 0.409 e. The van der Waals surface area contributed by atoms with E-state index in [0.29, 0.717) is 38.5 Å². The molecule has 0 saturated carbocycles. The molecule has 0 N–H and O–H groups in total. The van der Waals surface area contributed by atoms with E-state index in [1.807, 2.05) is 6.92 Å². The Balaban J connectivity index is 1.83. The van der Waals surface area contributed by atoms with Crippen LogP contribution in [0, 0.1) is 6.92 Å². The number of aryl methyl sites for hydroxylation is 1. The monoisotopic (exact) mass is 281 g/mol. The average molecular weight is 281 g/mol. The summed E-state index contributed by atoms with van der Waals surface area (Å²) >= 11 is 0. The number of aromatic nitrogens is 1. The van der Waals surface area contributed by atoms with Crippen LogP contribution in [0.1, 0.15) is 18.4 Å². The number of rotatable bonds is 3. The van der Waals surface area contributed by atoms with Crippen LogP contribution < -0.4 is 0 Å². The molecule has 0 unspecified atom stereocenters. The fourth-order valence-electron chi connectivity index (χ4n) is 2.10. The maximum absolute atomic E-state index is 12.1. The standard InChI is InChI=1S/C13H19N3O4/c1-3-19-13(18)16-6-4-15(5-7-16)12(17)8-11-10(2)14-9-20-11/h9H,3-8H2,1-2H3. The van der Waals surface area contributed by atoms with Gasteiger partial charge in [-0.2, -0.15) is 0 Å². The third-order valence-corrected chi connectivity index (χ3v) is 3.32. The molecule has 1 aromatic heterocycles. The van der Waals surface area contributed by atoms with Crippen LogP contribution in [0.15, 0.2) is 10.8 Å². The van der Waals surface area contributed by atoms with Gasteiger partial charge in [0.15, 0.2) is 6.39 Å². The van der Waals surface area contributed by atoms with Crippen molar-refractivity contribution in [3.05, 3.63) is 17.8 Å². The van der Waals surface area contributed by atoms with Gasteiger partial charge in [0.25, 0.3) is 0 Å². The van der Waals surface area contributed by atoms with Gasteiger partial charge in [-0.15, -0.1) is 0 Å². The first-order valence-electron chi connectivity index (χ1n) is 6.70. The molecular formula is C13H19N3O4. The van der Waals surface area contributed by atoms with Gasteiger partial charge in [0.2, 0.25) is 5.91 Å². The molecule has 110 valence electrons. The number of hydrogen-bond acceptors (Lipinski definition) is 5. The Kier molecular flexibility index (Phi) is 4.60. The van der Waals surface area contributed by atoms with Gasteiger partial charge < -0.3 is 19.0 Å². The van der Waals surface area contributed by atoms with E-state index in [-0.39, 0.29) is 18.4 Å². The summed E-state index contributed by atoms with van der Waals surface area (Å²) in [5.74, 6) is 0.594. The van der Waals surface area contributed by atoms with Gasteiger partial charge in [-0.1, -0.05) is 0 Å². The van der Waals surface area contributed by atoms with Crippen molar-refractivity contribution in [1.29, 1.82) is 0 Å². The van der Waals surface area contributed by atoms with E-state index in [0.717, 1.165) is 5.69 Å². The quantitative estimate of drug-likeness (QED) is 0.820. The third kappa shape index (κ3) is 3.28. The lowest BCUT2D eigenvalue weighted by Gasteiger charge is -2.34.